The summed E-state index contributed by atoms with van der Waals surface area (Å²) in [5.74, 6) is 0.744. The van der Waals surface area contributed by atoms with Gasteiger partial charge in [-0.05, 0) is 35.4 Å². The lowest BCUT2D eigenvalue weighted by Gasteiger charge is -2.13. The lowest BCUT2D eigenvalue weighted by molar-refractivity contribution is 0.174. The van der Waals surface area contributed by atoms with E-state index in [4.69, 9.17) is 27.9 Å². The predicted molar refractivity (Wildman–Crippen MR) is 110 cm³/mol. The van der Waals surface area contributed by atoms with Crippen LogP contribution in [0.25, 0.3) is 0 Å². The lowest BCUT2D eigenvalue weighted by Crippen LogP contribution is -2.21. The Morgan fingerprint density at radius 3 is 2.33 bits per heavy atom. The van der Waals surface area contributed by atoms with Gasteiger partial charge in [-0.15, -0.1) is 0 Å². The van der Waals surface area contributed by atoms with E-state index in [-0.39, 0.29) is 0 Å². The van der Waals surface area contributed by atoms with Crippen LogP contribution in [0.1, 0.15) is 22.8 Å². The van der Waals surface area contributed by atoms with Crippen molar-refractivity contribution in [2.45, 2.75) is 19.3 Å². The van der Waals surface area contributed by atoms with E-state index in [0.29, 0.717) is 29.7 Å². The van der Waals surface area contributed by atoms with E-state index >= 15 is 0 Å². The van der Waals surface area contributed by atoms with Crippen molar-refractivity contribution in [2.24, 2.45) is 0 Å². The Bertz CT molecular complexity index is 851. The topological polar surface area (TPSA) is 41.5 Å². The average molecular weight is 402 g/mol. The van der Waals surface area contributed by atoms with Crippen molar-refractivity contribution in [1.82, 2.24) is 5.32 Å². The van der Waals surface area contributed by atoms with Crippen molar-refractivity contribution in [3.05, 3.63) is 99.5 Å². The molecule has 140 valence electrons. The Kier molecular flexibility index (Phi) is 7.13. The van der Waals surface area contributed by atoms with E-state index in [1.165, 1.54) is 0 Å². The number of rotatable bonds is 8. The molecule has 0 saturated carbocycles. The van der Waals surface area contributed by atoms with Crippen molar-refractivity contribution in [2.75, 3.05) is 6.54 Å². The number of aliphatic hydroxyl groups excluding tert-OH is 1. The number of hydrogen-bond acceptors (Lipinski definition) is 3. The van der Waals surface area contributed by atoms with Crippen LogP contribution in [0, 0.1) is 0 Å². The predicted octanol–water partition coefficient (Wildman–Crippen LogP) is 5.40. The van der Waals surface area contributed by atoms with Crippen LogP contribution in [0.4, 0.5) is 0 Å². The maximum absolute atomic E-state index is 10.2. The van der Waals surface area contributed by atoms with Crippen LogP contribution in [-0.4, -0.2) is 11.7 Å². The minimum atomic E-state index is -0.534. The van der Waals surface area contributed by atoms with E-state index in [2.05, 4.69) is 5.32 Å². The Balaban J connectivity index is 1.53. The largest absolute Gasteiger partial charge is 0.489 e. The van der Waals surface area contributed by atoms with E-state index in [9.17, 15) is 5.11 Å². The van der Waals surface area contributed by atoms with Crippen LogP contribution < -0.4 is 10.1 Å². The van der Waals surface area contributed by atoms with E-state index in [1.807, 2.05) is 60.7 Å². The molecule has 3 aromatic carbocycles. The van der Waals surface area contributed by atoms with Gasteiger partial charge in [-0.2, -0.15) is 0 Å². The first-order valence-corrected chi connectivity index (χ1v) is 9.47. The first kappa shape index (κ1) is 19.7. The van der Waals surface area contributed by atoms with Crippen molar-refractivity contribution < 1.29 is 9.84 Å². The summed E-state index contributed by atoms with van der Waals surface area (Å²) in [4.78, 5) is 0. The van der Waals surface area contributed by atoms with Crippen molar-refractivity contribution >= 4 is 23.2 Å². The van der Waals surface area contributed by atoms with Crippen molar-refractivity contribution in [3.63, 3.8) is 0 Å². The molecule has 0 heterocycles. The van der Waals surface area contributed by atoms with E-state index in [0.717, 1.165) is 22.4 Å². The molecule has 0 aromatic heterocycles. The molecule has 0 amide bonds. The number of ether oxygens (including phenoxy) is 1. The summed E-state index contributed by atoms with van der Waals surface area (Å²) >= 11 is 12.4. The van der Waals surface area contributed by atoms with Crippen LogP contribution in [-0.2, 0) is 13.2 Å². The van der Waals surface area contributed by atoms with Gasteiger partial charge >= 0.3 is 0 Å². The maximum atomic E-state index is 10.2. The number of aliphatic hydroxyl groups is 1. The van der Waals surface area contributed by atoms with Gasteiger partial charge in [-0.3, -0.25) is 0 Å². The van der Waals surface area contributed by atoms with Crippen LogP contribution >= 0.6 is 23.2 Å². The fourth-order valence-corrected chi connectivity index (χ4v) is 3.22. The first-order chi connectivity index (χ1) is 13.1. The highest BCUT2D eigenvalue weighted by atomic mass is 35.5. The molecule has 0 bridgehead atoms. The van der Waals surface area contributed by atoms with Gasteiger partial charge in [0, 0.05) is 28.7 Å². The van der Waals surface area contributed by atoms with Crippen molar-refractivity contribution in [3.8, 4) is 5.75 Å². The molecular formula is C22H21Cl2NO2. The highest BCUT2D eigenvalue weighted by molar-refractivity contribution is 6.35. The molecule has 3 aromatic rings. The molecule has 3 nitrogen and oxygen atoms in total. The number of halogens is 2. The molecule has 0 radical (unpaired) electrons. The van der Waals surface area contributed by atoms with Crippen LogP contribution in [0.5, 0.6) is 5.75 Å². The maximum Gasteiger partial charge on any atom is 0.120 e. The van der Waals surface area contributed by atoms with Gasteiger partial charge in [0.25, 0.3) is 0 Å². The zero-order chi connectivity index (χ0) is 19.1. The monoisotopic (exact) mass is 401 g/mol. The fourth-order valence-electron chi connectivity index (χ4n) is 2.72. The molecule has 0 fully saturated rings. The molecule has 0 spiro atoms. The summed E-state index contributed by atoms with van der Waals surface area (Å²) in [7, 11) is 0. The molecule has 2 N–H and O–H groups in total. The number of benzene rings is 3. The van der Waals surface area contributed by atoms with Crippen molar-refractivity contribution in [1.29, 1.82) is 0 Å². The molecular weight excluding hydrogens is 381 g/mol. The summed E-state index contributed by atoms with van der Waals surface area (Å²) in [5.41, 5.74) is 2.74. The Hall–Kier alpha value is -2.04. The van der Waals surface area contributed by atoms with Gasteiger partial charge in [0.2, 0.25) is 0 Å². The van der Waals surface area contributed by atoms with Gasteiger partial charge in [-0.25, -0.2) is 0 Å². The van der Waals surface area contributed by atoms with Gasteiger partial charge in [0.15, 0.2) is 0 Å². The molecule has 27 heavy (non-hydrogen) atoms. The third kappa shape index (κ3) is 5.72. The minimum Gasteiger partial charge on any atom is -0.489 e. The second-order valence-corrected chi connectivity index (χ2v) is 7.01. The summed E-state index contributed by atoms with van der Waals surface area (Å²) in [5, 5.41) is 14.7. The normalized spacial score (nSPS) is 12.0. The summed E-state index contributed by atoms with van der Waals surface area (Å²) < 4.78 is 5.85. The molecule has 0 aliphatic heterocycles. The lowest BCUT2D eigenvalue weighted by atomic mass is 10.1. The number of hydrogen-bond donors (Lipinski definition) is 2. The van der Waals surface area contributed by atoms with Gasteiger partial charge in [0.05, 0.1) is 6.10 Å². The smallest absolute Gasteiger partial charge is 0.120 e. The summed E-state index contributed by atoms with van der Waals surface area (Å²) in [6.45, 7) is 1.42. The molecule has 0 aliphatic rings. The molecule has 0 saturated heterocycles. The second kappa shape index (κ2) is 9.77. The van der Waals surface area contributed by atoms with Crippen LogP contribution in [0.3, 0.4) is 0 Å². The highest BCUT2D eigenvalue weighted by Gasteiger charge is 2.08. The van der Waals surface area contributed by atoms with E-state index in [1.54, 1.807) is 12.1 Å². The molecule has 5 heteroatoms. The summed E-state index contributed by atoms with van der Waals surface area (Å²) in [6, 6.07) is 22.8. The Labute approximate surface area is 169 Å². The minimum absolute atomic E-state index is 0.308. The zero-order valence-corrected chi connectivity index (χ0v) is 16.3. The third-order valence-electron chi connectivity index (χ3n) is 4.19. The fraction of sp³-hybridized carbons (Fsp3) is 0.182. The average Bonchev–Trinajstić information content (AvgIpc) is 2.68. The summed E-state index contributed by atoms with van der Waals surface area (Å²) in [6.07, 6.45) is -0.534. The molecule has 1 atom stereocenters. The quantitative estimate of drug-likeness (QED) is 0.531. The van der Waals surface area contributed by atoms with Crippen LogP contribution in [0.2, 0.25) is 10.0 Å². The first-order valence-electron chi connectivity index (χ1n) is 8.72. The third-order valence-corrected chi connectivity index (χ3v) is 4.90. The molecule has 0 unspecified atom stereocenters. The highest BCUT2D eigenvalue weighted by Crippen LogP contribution is 2.26. The van der Waals surface area contributed by atoms with E-state index < -0.39 is 6.10 Å². The zero-order valence-electron chi connectivity index (χ0n) is 14.7. The Morgan fingerprint density at radius 1 is 0.889 bits per heavy atom. The van der Waals surface area contributed by atoms with Gasteiger partial charge in [0.1, 0.15) is 12.4 Å². The SMILES string of the molecule is O[C@@H](CNCc1cccc(OCc2c(Cl)cccc2Cl)c1)c1ccccc1. The van der Waals surface area contributed by atoms with Gasteiger partial charge in [-0.1, -0.05) is 71.7 Å². The Morgan fingerprint density at radius 2 is 1.59 bits per heavy atom. The number of nitrogens with one attached hydrogen (secondary N) is 1. The van der Waals surface area contributed by atoms with Crippen LogP contribution in [0.15, 0.2) is 72.8 Å². The second-order valence-electron chi connectivity index (χ2n) is 6.19. The molecule has 3 rings (SSSR count). The van der Waals surface area contributed by atoms with Gasteiger partial charge < -0.3 is 15.2 Å². The molecule has 0 aliphatic carbocycles. The standard InChI is InChI=1S/C22H21Cl2NO2/c23-20-10-5-11-21(24)19(20)15-27-18-9-4-6-16(12-18)13-25-14-22(26)17-7-2-1-3-8-17/h1-12,22,25-26H,13-15H2/t22-/m0/s1.